The highest BCUT2D eigenvalue weighted by Gasteiger charge is 2.38. The van der Waals surface area contributed by atoms with Crippen LogP contribution in [0.2, 0.25) is 0 Å². The Morgan fingerprint density at radius 1 is 1.23 bits per heavy atom. The summed E-state index contributed by atoms with van der Waals surface area (Å²) in [5.41, 5.74) is 6.91. The van der Waals surface area contributed by atoms with Gasteiger partial charge < -0.3 is 10.5 Å². The molecule has 164 valence electrons. The minimum atomic E-state index is -3.58. The average Bonchev–Trinajstić information content (AvgIpc) is 3.13. The van der Waals surface area contributed by atoms with Gasteiger partial charge in [0.25, 0.3) is 5.78 Å². The lowest BCUT2D eigenvalue weighted by atomic mass is 10.2. The van der Waals surface area contributed by atoms with E-state index in [1.54, 1.807) is 29.3 Å². The van der Waals surface area contributed by atoms with E-state index in [2.05, 4.69) is 5.27 Å². The minimum Gasteiger partial charge on any atom is -0.373 e. The fourth-order valence-electron chi connectivity index (χ4n) is 3.15. The third-order valence-electron chi connectivity index (χ3n) is 4.93. The van der Waals surface area contributed by atoms with Crippen molar-refractivity contribution in [2.45, 2.75) is 31.6 Å². The number of ketones is 1. The Morgan fingerprint density at radius 2 is 1.90 bits per heavy atom. The van der Waals surface area contributed by atoms with Crippen molar-refractivity contribution < 1.29 is 27.3 Å². The van der Waals surface area contributed by atoms with Gasteiger partial charge in [-0.3, -0.25) is 9.32 Å². The molecule has 10 nitrogen and oxygen atoms in total. The van der Waals surface area contributed by atoms with E-state index in [0.29, 0.717) is 19.7 Å². The highest BCUT2D eigenvalue weighted by molar-refractivity contribution is 7.89. The number of unbranched alkanes of at least 4 members (excludes halogenated alkanes) is 1. The molecule has 1 fully saturated rings. The first-order valence-corrected chi connectivity index (χ1v) is 11.4. The van der Waals surface area contributed by atoms with E-state index < -0.39 is 10.0 Å². The van der Waals surface area contributed by atoms with E-state index in [-0.39, 0.29) is 42.0 Å². The second-order valence-electron chi connectivity index (χ2n) is 7.18. The van der Waals surface area contributed by atoms with E-state index in [1.165, 1.54) is 9.10 Å². The number of nitrogen functional groups attached to an aromatic ring is 1. The molecular formula is C19H28N5O5S+. The quantitative estimate of drug-likeness (QED) is 0.341. The van der Waals surface area contributed by atoms with Crippen molar-refractivity contribution in [3.05, 3.63) is 35.5 Å². The van der Waals surface area contributed by atoms with Crippen molar-refractivity contribution >= 4 is 21.7 Å². The number of aromatic nitrogens is 2. The Morgan fingerprint density at radius 3 is 2.53 bits per heavy atom. The lowest BCUT2D eigenvalue weighted by molar-refractivity contribution is -0.760. The number of hydrogen-bond donors (Lipinski definition) is 1. The molecule has 0 radical (unpaired) electrons. The number of aryl methyl sites for hydroxylation is 1. The Kier molecular flexibility index (Phi) is 7.06. The number of sulfonamides is 1. The third kappa shape index (κ3) is 4.79. The van der Waals surface area contributed by atoms with Gasteiger partial charge in [-0.25, -0.2) is 8.42 Å². The van der Waals surface area contributed by atoms with Crippen LogP contribution in [0.3, 0.4) is 0 Å². The molecule has 3 rings (SSSR count). The highest BCUT2D eigenvalue weighted by atomic mass is 32.2. The summed E-state index contributed by atoms with van der Waals surface area (Å²) < 4.78 is 37.6. The van der Waals surface area contributed by atoms with Gasteiger partial charge in [0.05, 0.1) is 22.8 Å². The maximum Gasteiger partial charge on any atom is 0.376 e. The summed E-state index contributed by atoms with van der Waals surface area (Å²) in [7, 11) is -3.58. The van der Waals surface area contributed by atoms with Crippen LogP contribution >= 0.6 is 0 Å². The molecule has 0 bridgehead atoms. The standard InChI is InChI=1S/C19H27N5O5S/c1-3-4-13-28-14-17(25)18-19(20)29-21-24(18)22-9-11-23(12-10-22)30(26,27)16-7-5-15(2)6-8-16/h5-8H,3-4,9-14H2,1-2H3,(H-,20,21,25)/p+1. The van der Waals surface area contributed by atoms with E-state index in [0.717, 1.165) is 18.4 Å². The number of rotatable bonds is 9. The van der Waals surface area contributed by atoms with Gasteiger partial charge in [-0.1, -0.05) is 31.0 Å². The zero-order valence-electron chi connectivity index (χ0n) is 17.3. The third-order valence-corrected chi connectivity index (χ3v) is 6.84. The van der Waals surface area contributed by atoms with Gasteiger partial charge in [0, 0.05) is 19.7 Å². The van der Waals surface area contributed by atoms with Crippen molar-refractivity contribution in [3.63, 3.8) is 0 Å². The molecule has 2 heterocycles. The number of piperazine rings is 1. The number of benzene rings is 1. The number of hydrogen-bond acceptors (Lipinski definition) is 8. The van der Waals surface area contributed by atoms with Gasteiger partial charge >= 0.3 is 11.6 Å². The molecule has 0 unspecified atom stereocenters. The summed E-state index contributed by atoms with van der Waals surface area (Å²) in [5, 5.41) is 5.59. The van der Waals surface area contributed by atoms with E-state index in [9.17, 15) is 13.2 Å². The predicted octanol–water partition coefficient (Wildman–Crippen LogP) is 0.495. The zero-order chi connectivity index (χ0) is 21.7. The first-order chi connectivity index (χ1) is 14.3. The number of nitrogens with zero attached hydrogens (tertiary/aromatic N) is 4. The molecule has 11 heteroatoms. The molecule has 2 N–H and O–H groups in total. The van der Waals surface area contributed by atoms with Crippen molar-refractivity contribution in [1.29, 1.82) is 0 Å². The number of nitrogens with two attached hydrogens (primary N) is 1. The van der Waals surface area contributed by atoms with Crippen molar-refractivity contribution in [3.8, 4) is 0 Å². The van der Waals surface area contributed by atoms with Gasteiger partial charge in [-0.2, -0.15) is 4.31 Å². The fourth-order valence-corrected chi connectivity index (χ4v) is 4.58. The second-order valence-corrected chi connectivity index (χ2v) is 9.11. The van der Waals surface area contributed by atoms with Crippen molar-refractivity contribution in [2.75, 3.05) is 50.1 Å². The van der Waals surface area contributed by atoms with Crippen LogP contribution in [0.15, 0.2) is 33.7 Å². The highest BCUT2D eigenvalue weighted by Crippen LogP contribution is 2.18. The van der Waals surface area contributed by atoms with Crippen molar-refractivity contribution in [1.82, 2.24) is 9.58 Å². The fraction of sp³-hybridized carbons (Fsp3) is 0.526. The van der Waals surface area contributed by atoms with Crippen LogP contribution in [0.1, 0.15) is 35.8 Å². The average molecular weight is 439 g/mol. The molecular weight excluding hydrogens is 410 g/mol. The largest absolute Gasteiger partial charge is 0.376 e. The Labute approximate surface area is 176 Å². The maximum atomic E-state index is 12.9. The Balaban J connectivity index is 1.67. The summed E-state index contributed by atoms with van der Waals surface area (Å²) in [5.74, 6) is -0.423. The maximum absolute atomic E-state index is 12.9. The molecule has 0 aliphatic carbocycles. The summed E-state index contributed by atoms with van der Waals surface area (Å²) in [6.45, 7) is 5.47. The molecule has 0 saturated carbocycles. The molecule has 0 atom stereocenters. The summed E-state index contributed by atoms with van der Waals surface area (Å²) in [6, 6.07) is 6.77. The number of ether oxygens (including phenoxy) is 1. The van der Waals surface area contributed by atoms with Crippen molar-refractivity contribution in [2.24, 2.45) is 0 Å². The van der Waals surface area contributed by atoms with Crippen LogP contribution in [-0.4, -0.2) is 63.2 Å². The zero-order valence-corrected chi connectivity index (χ0v) is 18.1. The SMILES string of the molecule is CCCCOCC(=O)c1c(N)on[n+]1N1CCN(S(=O)(=O)c2ccc(C)cc2)CC1. The lowest BCUT2D eigenvalue weighted by Gasteiger charge is -2.29. The summed E-state index contributed by atoms with van der Waals surface area (Å²) >= 11 is 0. The molecule has 1 saturated heterocycles. The van der Waals surface area contributed by atoms with Crippen LogP contribution in [0.25, 0.3) is 0 Å². The summed E-state index contributed by atoms with van der Waals surface area (Å²) in [4.78, 5) is 14.1. The molecule has 1 aliphatic rings. The topological polar surface area (TPSA) is 123 Å². The van der Waals surface area contributed by atoms with Gasteiger partial charge in [-0.05, 0) is 25.5 Å². The molecule has 1 aromatic heterocycles. The first kappa shape index (κ1) is 22.2. The number of Topliss-reactive ketones (excluding diaryl/α,β-unsaturated/α-hetero) is 1. The van der Waals surface area contributed by atoms with Gasteiger partial charge in [0.1, 0.15) is 6.61 Å². The van der Waals surface area contributed by atoms with Gasteiger partial charge in [-0.15, -0.1) is 5.01 Å². The van der Waals surface area contributed by atoms with Crippen LogP contribution < -0.4 is 15.5 Å². The molecule has 0 spiro atoms. The molecule has 1 aliphatic heterocycles. The smallest absolute Gasteiger partial charge is 0.373 e. The number of carbonyl (C=O) groups excluding carboxylic acids is 1. The Hall–Kier alpha value is -2.50. The first-order valence-electron chi connectivity index (χ1n) is 9.95. The number of carbonyl (C=O) groups is 1. The number of anilines is 1. The van der Waals surface area contributed by atoms with E-state index >= 15 is 0 Å². The summed E-state index contributed by atoms with van der Waals surface area (Å²) in [6.07, 6.45) is 1.84. The molecule has 30 heavy (non-hydrogen) atoms. The van der Waals surface area contributed by atoms with Gasteiger partial charge in [0.15, 0.2) is 0 Å². The normalized spacial score (nSPS) is 15.5. The van der Waals surface area contributed by atoms with Crippen LogP contribution in [0, 0.1) is 6.92 Å². The monoisotopic (exact) mass is 438 g/mol. The van der Waals surface area contributed by atoms with Crippen LogP contribution in [-0.2, 0) is 14.8 Å². The van der Waals surface area contributed by atoms with E-state index in [4.69, 9.17) is 15.0 Å². The molecule has 0 amide bonds. The minimum absolute atomic E-state index is 0.0891. The van der Waals surface area contributed by atoms with Crippen LogP contribution in [0.5, 0.6) is 0 Å². The van der Waals surface area contributed by atoms with Crippen LogP contribution in [0.4, 0.5) is 5.88 Å². The second kappa shape index (κ2) is 9.54. The van der Waals surface area contributed by atoms with Gasteiger partial charge in [0.2, 0.25) is 15.3 Å². The predicted molar refractivity (Wildman–Crippen MR) is 109 cm³/mol. The van der Waals surface area contributed by atoms with E-state index in [1.807, 2.05) is 13.8 Å². The molecule has 1 aromatic carbocycles. The lowest BCUT2D eigenvalue weighted by Crippen LogP contribution is -2.68. The molecule has 2 aromatic rings. The Bertz CT molecular complexity index is 966.